The Morgan fingerprint density at radius 1 is 0.306 bits per heavy atom. The lowest BCUT2D eigenvalue weighted by Gasteiger charge is -2.18. The molecule has 0 saturated carbocycles. The molecule has 72 heavy (non-hydrogen) atoms. The zero-order valence-corrected chi connectivity index (χ0v) is 48.7. The van der Waals surface area contributed by atoms with Crippen molar-refractivity contribution in [1.82, 2.24) is 0 Å². The van der Waals surface area contributed by atoms with Gasteiger partial charge in [0.2, 0.25) is 0 Å². The largest absolute Gasteiger partial charge is 0.462 e. The van der Waals surface area contributed by atoms with E-state index in [-0.39, 0.29) is 25.2 Å². The summed E-state index contributed by atoms with van der Waals surface area (Å²) in [5.74, 6) is -0.391. The molecule has 0 saturated heterocycles. The summed E-state index contributed by atoms with van der Waals surface area (Å²) < 4.78 is 17.6. The van der Waals surface area contributed by atoms with Gasteiger partial charge in [-0.25, -0.2) is 0 Å². The van der Waals surface area contributed by atoms with E-state index in [2.05, 4.69) is 69.4 Å². The standard InChI is InChI=1S/C67H124O5/c1-4-7-10-13-16-19-22-25-28-31-33-35-38-41-44-47-50-53-56-59-62-70-63-65(72-67(69)61-58-55-52-49-46-43-40-36-30-27-24-21-18-15-12-9-6-3)64-71-66(68)60-57-54-51-48-45-42-39-37-34-32-29-26-23-20-17-14-11-8-5-2/h17,20,25-26,28-29,34,37,65H,4-16,18-19,21-24,27,30-33,35-36,38-64H2,1-3H3/b20-17-,28-25-,29-26-,37-34-. The SMILES string of the molecule is CCCCC/C=C\C/C=C\C/C=C\CCCCCCCCC(=O)OCC(COCCCCCCCCCCCC/C=C\CCCCCCCC)OC(=O)CCCCCCCCCCCCCCCCCCC. The van der Waals surface area contributed by atoms with Gasteiger partial charge < -0.3 is 14.2 Å². The van der Waals surface area contributed by atoms with Crippen molar-refractivity contribution >= 4 is 11.9 Å². The van der Waals surface area contributed by atoms with Crippen LogP contribution in [0.15, 0.2) is 48.6 Å². The normalized spacial score (nSPS) is 12.4. The van der Waals surface area contributed by atoms with Crippen LogP contribution in [-0.4, -0.2) is 37.9 Å². The lowest BCUT2D eigenvalue weighted by Crippen LogP contribution is -2.30. The quantitative estimate of drug-likeness (QED) is 0.0345. The highest BCUT2D eigenvalue weighted by Gasteiger charge is 2.18. The van der Waals surface area contributed by atoms with Crippen LogP contribution in [0.25, 0.3) is 0 Å². The van der Waals surface area contributed by atoms with Crippen molar-refractivity contribution < 1.29 is 23.8 Å². The summed E-state index contributed by atoms with van der Waals surface area (Å²) in [6.45, 7) is 7.85. The number of unbranched alkanes of at least 4 members (excludes halogenated alkanes) is 41. The molecule has 5 nitrogen and oxygen atoms in total. The predicted molar refractivity (Wildman–Crippen MR) is 316 cm³/mol. The highest BCUT2D eigenvalue weighted by atomic mass is 16.6. The lowest BCUT2D eigenvalue weighted by atomic mass is 10.0. The van der Waals surface area contributed by atoms with Crippen LogP contribution in [0.5, 0.6) is 0 Å². The molecule has 0 aliphatic carbocycles. The number of rotatable bonds is 60. The first-order chi connectivity index (χ1) is 35.6. The second kappa shape index (κ2) is 63.2. The van der Waals surface area contributed by atoms with Gasteiger partial charge in [0.05, 0.1) is 6.61 Å². The molecule has 0 aliphatic heterocycles. The van der Waals surface area contributed by atoms with E-state index < -0.39 is 6.10 Å². The molecule has 0 aromatic heterocycles. The van der Waals surface area contributed by atoms with Crippen LogP contribution in [0.2, 0.25) is 0 Å². The minimum Gasteiger partial charge on any atom is -0.462 e. The Kier molecular flexibility index (Phi) is 61.3. The molecule has 422 valence electrons. The van der Waals surface area contributed by atoms with Crippen LogP contribution in [0.3, 0.4) is 0 Å². The number of allylic oxidation sites excluding steroid dienone is 8. The third kappa shape index (κ3) is 60.4. The number of carbonyl (C=O) groups excluding carboxylic acids is 2. The topological polar surface area (TPSA) is 61.8 Å². The third-order valence-corrected chi connectivity index (χ3v) is 14.3. The summed E-state index contributed by atoms with van der Waals surface area (Å²) >= 11 is 0. The van der Waals surface area contributed by atoms with Gasteiger partial charge in [-0.05, 0) is 83.5 Å². The van der Waals surface area contributed by atoms with Crippen LogP contribution in [0, 0.1) is 0 Å². The van der Waals surface area contributed by atoms with Crippen molar-refractivity contribution in [3.05, 3.63) is 48.6 Å². The molecule has 0 rings (SSSR count). The van der Waals surface area contributed by atoms with E-state index in [1.807, 2.05) is 0 Å². The van der Waals surface area contributed by atoms with Crippen molar-refractivity contribution in [1.29, 1.82) is 0 Å². The van der Waals surface area contributed by atoms with Crippen LogP contribution >= 0.6 is 0 Å². The summed E-state index contributed by atoms with van der Waals surface area (Å²) in [6, 6.07) is 0. The van der Waals surface area contributed by atoms with Crippen molar-refractivity contribution in [3.63, 3.8) is 0 Å². The summed E-state index contributed by atoms with van der Waals surface area (Å²) in [7, 11) is 0. The van der Waals surface area contributed by atoms with Crippen LogP contribution in [0.1, 0.15) is 342 Å². The Bertz CT molecular complexity index is 1190. The first-order valence-electron chi connectivity index (χ1n) is 32.2. The van der Waals surface area contributed by atoms with Gasteiger partial charge in [-0.1, -0.05) is 294 Å². The Morgan fingerprint density at radius 3 is 0.972 bits per heavy atom. The highest BCUT2D eigenvalue weighted by Crippen LogP contribution is 2.17. The van der Waals surface area contributed by atoms with E-state index in [0.29, 0.717) is 19.4 Å². The first-order valence-corrected chi connectivity index (χ1v) is 32.2. The van der Waals surface area contributed by atoms with Gasteiger partial charge in [-0.15, -0.1) is 0 Å². The monoisotopic (exact) mass is 1010 g/mol. The second-order valence-corrected chi connectivity index (χ2v) is 21.7. The molecule has 0 spiro atoms. The number of esters is 2. The van der Waals surface area contributed by atoms with E-state index in [1.54, 1.807) is 0 Å². The molecule has 5 heteroatoms. The average molecular weight is 1010 g/mol. The minimum absolute atomic E-state index is 0.0824. The molecular formula is C67H124O5. The smallest absolute Gasteiger partial charge is 0.306 e. The third-order valence-electron chi connectivity index (χ3n) is 14.3. The predicted octanol–water partition coefficient (Wildman–Crippen LogP) is 22.2. The fraction of sp³-hybridized carbons (Fsp3) is 0.851. The number of hydrogen-bond donors (Lipinski definition) is 0. The Morgan fingerprint density at radius 2 is 0.583 bits per heavy atom. The maximum Gasteiger partial charge on any atom is 0.306 e. The molecule has 0 aliphatic rings. The van der Waals surface area contributed by atoms with Crippen molar-refractivity contribution in [2.45, 2.75) is 348 Å². The first kappa shape index (κ1) is 69.9. The van der Waals surface area contributed by atoms with E-state index in [9.17, 15) is 9.59 Å². The van der Waals surface area contributed by atoms with Crippen LogP contribution in [-0.2, 0) is 23.8 Å². The van der Waals surface area contributed by atoms with E-state index in [4.69, 9.17) is 14.2 Å². The second-order valence-electron chi connectivity index (χ2n) is 21.7. The molecule has 1 atom stereocenters. The lowest BCUT2D eigenvalue weighted by molar-refractivity contribution is -0.163. The Hall–Kier alpha value is -2.14. The molecule has 1 unspecified atom stereocenters. The van der Waals surface area contributed by atoms with Gasteiger partial charge in [0.25, 0.3) is 0 Å². The molecule has 0 heterocycles. The molecule has 0 aromatic carbocycles. The maximum absolute atomic E-state index is 12.9. The van der Waals surface area contributed by atoms with Crippen molar-refractivity contribution in [3.8, 4) is 0 Å². The molecule has 0 radical (unpaired) electrons. The summed E-state index contributed by atoms with van der Waals surface area (Å²) in [5, 5.41) is 0. The molecule has 0 aromatic rings. The Balaban J connectivity index is 4.26. The minimum atomic E-state index is -0.541. The molecule has 0 amide bonds. The molecule has 0 N–H and O–H groups in total. The molecule has 0 fully saturated rings. The fourth-order valence-electron chi connectivity index (χ4n) is 9.52. The van der Waals surface area contributed by atoms with E-state index in [1.165, 1.54) is 244 Å². The summed E-state index contributed by atoms with van der Waals surface area (Å²) in [5.41, 5.74) is 0. The highest BCUT2D eigenvalue weighted by molar-refractivity contribution is 5.70. The zero-order chi connectivity index (χ0) is 52.0. The van der Waals surface area contributed by atoms with Gasteiger partial charge in [0.15, 0.2) is 6.10 Å². The number of ether oxygens (including phenoxy) is 3. The zero-order valence-electron chi connectivity index (χ0n) is 48.7. The van der Waals surface area contributed by atoms with E-state index >= 15 is 0 Å². The van der Waals surface area contributed by atoms with Gasteiger partial charge in [-0.3, -0.25) is 9.59 Å². The van der Waals surface area contributed by atoms with Crippen molar-refractivity contribution in [2.24, 2.45) is 0 Å². The Labute approximate surface area is 450 Å². The van der Waals surface area contributed by atoms with Gasteiger partial charge in [0.1, 0.15) is 6.61 Å². The van der Waals surface area contributed by atoms with Gasteiger partial charge in [-0.2, -0.15) is 0 Å². The number of hydrogen-bond acceptors (Lipinski definition) is 5. The van der Waals surface area contributed by atoms with Gasteiger partial charge in [0, 0.05) is 19.4 Å². The summed E-state index contributed by atoms with van der Waals surface area (Å²) in [4.78, 5) is 25.6. The fourth-order valence-corrected chi connectivity index (χ4v) is 9.52. The van der Waals surface area contributed by atoms with E-state index in [0.717, 1.165) is 64.2 Å². The molecular weight excluding hydrogens is 885 g/mol. The van der Waals surface area contributed by atoms with Gasteiger partial charge >= 0.3 is 11.9 Å². The van der Waals surface area contributed by atoms with Crippen molar-refractivity contribution in [2.75, 3.05) is 19.8 Å². The number of carbonyl (C=O) groups is 2. The average Bonchev–Trinajstić information content (AvgIpc) is 3.38. The summed E-state index contributed by atoms with van der Waals surface area (Å²) in [6.07, 6.45) is 80.0. The molecule has 0 bridgehead atoms. The van der Waals surface area contributed by atoms with Crippen LogP contribution in [0.4, 0.5) is 0 Å². The maximum atomic E-state index is 12.9. The van der Waals surface area contributed by atoms with Crippen LogP contribution < -0.4 is 0 Å².